The molecule has 0 radical (unpaired) electrons. The Morgan fingerprint density at radius 1 is 1.06 bits per heavy atom. The maximum absolute atomic E-state index is 12.9. The summed E-state index contributed by atoms with van der Waals surface area (Å²) >= 11 is 6.33. The predicted octanol–water partition coefficient (Wildman–Crippen LogP) is 4.05. The van der Waals surface area contributed by atoms with Crippen molar-refractivity contribution in [3.63, 3.8) is 0 Å². The number of benzene rings is 2. The van der Waals surface area contributed by atoms with Crippen molar-refractivity contribution >= 4 is 34.5 Å². The van der Waals surface area contributed by atoms with E-state index >= 15 is 0 Å². The average Bonchev–Trinajstić information content (AvgIpc) is 3.21. The van der Waals surface area contributed by atoms with Crippen LogP contribution in [-0.4, -0.2) is 52.2 Å². The maximum Gasteiger partial charge on any atom is 0.339 e. The number of hydrogen-bond donors (Lipinski definition) is 0. The van der Waals surface area contributed by atoms with Gasteiger partial charge in [-0.25, -0.2) is 14.5 Å². The molecule has 1 amide bonds. The Morgan fingerprint density at radius 3 is 2.50 bits per heavy atom. The molecule has 4 rings (SSSR count). The van der Waals surface area contributed by atoms with Gasteiger partial charge in [0, 0.05) is 24.7 Å². The van der Waals surface area contributed by atoms with E-state index in [0.717, 1.165) is 11.1 Å². The third-order valence-electron chi connectivity index (χ3n) is 5.00. The highest BCUT2D eigenvalue weighted by molar-refractivity contribution is 6.31. The molecule has 0 aliphatic rings. The van der Waals surface area contributed by atoms with Crippen molar-refractivity contribution in [2.24, 2.45) is 0 Å². The summed E-state index contributed by atoms with van der Waals surface area (Å²) in [5, 5.41) is 5.61. The summed E-state index contributed by atoms with van der Waals surface area (Å²) in [6, 6.07) is 18.7. The standard InChI is InChI=1S/C24H21ClN4O3/c1-28(2)22(30)15-32-24(31)18-12-21(16-8-4-3-5-9-16)27-23-19(18)13-26-29(23)14-17-10-6-7-11-20(17)25/h3-13H,14-15H2,1-2H3. The Morgan fingerprint density at radius 2 is 1.78 bits per heavy atom. The predicted molar refractivity (Wildman–Crippen MR) is 122 cm³/mol. The fraction of sp³-hybridized carbons (Fsp3) is 0.167. The Balaban J connectivity index is 1.78. The number of carbonyl (C=O) groups is 2. The van der Waals surface area contributed by atoms with E-state index in [-0.39, 0.29) is 12.5 Å². The van der Waals surface area contributed by atoms with Crippen molar-refractivity contribution in [1.29, 1.82) is 0 Å². The molecule has 0 atom stereocenters. The Kier molecular flexibility index (Phi) is 6.18. The van der Waals surface area contributed by atoms with Gasteiger partial charge in [0.1, 0.15) is 0 Å². The van der Waals surface area contributed by atoms with Crippen LogP contribution in [0.4, 0.5) is 0 Å². The van der Waals surface area contributed by atoms with Crippen molar-refractivity contribution in [3.8, 4) is 11.3 Å². The largest absolute Gasteiger partial charge is 0.452 e. The molecule has 8 heteroatoms. The van der Waals surface area contributed by atoms with E-state index in [4.69, 9.17) is 21.3 Å². The molecule has 0 aliphatic heterocycles. The molecular formula is C24H21ClN4O3. The van der Waals surface area contributed by atoms with Gasteiger partial charge in [0.15, 0.2) is 12.3 Å². The van der Waals surface area contributed by atoms with Gasteiger partial charge in [-0.1, -0.05) is 60.1 Å². The minimum absolute atomic E-state index is 0.297. The molecular weight excluding hydrogens is 428 g/mol. The highest BCUT2D eigenvalue weighted by Crippen LogP contribution is 2.26. The van der Waals surface area contributed by atoms with Gasteiger partial charge in [0.2, 0.25) is 0 Å². The average molecular weight is 449 g/mol. The number of aromatic nitrogens is 3. The Bertz CT molecular complexity index is 1290. The lowest BCUT2D eigenvalue weighted by molar-refractivity contribution is -0.131. The molecule has 4 aromatic rings. The molecule has 0 unspecified atom stereocenters. The van der Waals surface area contributed by atoms with Gasteiger partial charge in [0.25, 0.3) is 5.91 Å². The van der Waals surface area contributed by atoms with Crippen LogP contribution < -0.4 is 0 Å². The summed E-state index contributed by atoms with van der Waals surface area (Å²) < 4.78 is 6.98. The highest BCUT2D eigenvalue weighted by atomic mass is 35.5. The molecule has 32 heavy (non-hydrogen) atoms. The molecule has 0 saturated heterocycles. The first kappa shape index (κ1) is 21.5. The second-order valence-electron chi connectivity index (χ2n) is 7.42. The van der Waals surface area contributed by atoms with Gasteiger partial charge in [-0.2, -0.15) is 5.10 Å². The van der Waals surface area contributed by atoms with E-state index in [9.17, 15) is 9.59 Å². The van der Waals surface area contributed by atoms with Crippen LogP contribution in [-0.2, 0) is 16.1 Å². The summed E-state index contributed by atoms with van der Waals surface area (Å²) in [6.45, 7) is 0.0477. The number of halogens is 1. The minimum Gasteiger partial charge on any atom is -0.452 e. The van der Waals surface area contributed by atoms with E-state index in [1.165, 1.54) is 4.90 Å². The molecule has 0 spiro atoms. The van der Waals surface area contributed by atoms with Gasteiger partial charge in [0.05, 0.1) is 29.4 Å². The number of hydrogen-bond acceptors (Lipinski definition) is 5. The number of fused-ring (bicyclic) bond motifs is 1. The molecule has 0 aliphatic carbocycles. The van der Waals surface area contributed by atoms with Crippen LogP contribution in [0.25, 0.3) is 22.3 Å². The van der Waals surface area contributed by atoms with E-state index in [1.807, 2.05) is 54.6 Å². The lowest BCUT2D eigenvalue weighted by Gasteiger charge is -2.12. The molecule has 162 valence electrons. The van der Waals surface area contributed by atoms with E-state index in [2.05, 4.69) is 5.10 Å². The summed E-state index contributed by atoms with van der Waals surface area (Å²) in [7, 11) is 3.21. The smallest absolute Gasteiger partial charge is 0.339 e. The van der Waals surface area contributed by atoms with E-state index in [0.29, 0.717) is 33.9 Å². The first-order chi connectivity index (χ1) is 15.4. The van der Waals surface area contributed by atoms with Crippen molar-refractivity contribution in [1.82, 2.24) is 19.7 Å². The van der Waals surface area contributed by atoms with Crippen molar-refractivity contribution in [3.05, 3.63) is 83.0 Å². The van der Waals surface area contributed by atoms with Crippen molar-refractivity contribution in [2.45, 2.75) is 6.54 Å². The van der Waals surface area contributed by atoms with Crippen LogP contribution in [0.1, 0.15) is 15.9 Å². The SMILES string of the molecule is CN(C)C(=O)COC(=O)c1cc(-c2ccccc2)nc2c1cnn2Cc1ccccc1Cl. The van der Waals surface area contributed by atoms with E-state index in [1.54, 1.807) is 31.0 Å². The third kappa shape index (κ3) is 4.48. The van der Waals surface area contributed by atoms with Gasteiger partial charge in [-0.3, -0.25) is 4.79 Å². The summed E-state index contributed by atoms with van der Waals surface area (Å²) in [4.78, 5) is 30.9. The summed E-state index contributed by atoms with van der Waals surface area (Å²) in [5.74, 6) is -0.913. The zero-order valence-electron chi connectivity index (χ0n) is 17.7. The second-order valence-corrected chi connectivity index (χ2v) is 7.82. The zero-order valence-corrected chi connectivity index (χ0v) is 18.4. The van der Waals surface area contributed by atoms with E-state index < -0.39 is 5.97 Å². The monoisotopic (exact) mass is 448 g/mol. The number of carbonyl (C=O) groups excluding carboxylic acids is 2. The quantitative estimate of drug-likeness (QED) is 0.416. The zero-order chi connectivity index (χ0) is 22.7. The molecule has 0 saturated carbocycles. The number of pyridine rings is 1. The van der Waals surface area contributed by atoms with Crippen molar-refractivity contribution < 1.29 is 14.3 Å². The number of ether oxygens (including phenoxy) is 1. The fourth-order valence-electron chi connectivity index (χ4n) is 3.21. The number of nitrogens with zero attached hydrogens (tertiary/aromatic N) is 4. The fourth-order valence-corrected chi connectivity index (χ4v) is 3.41. The third-order valence-corrected chi connectivity index (χ3v) is 5.37. The summed E-state index contributed by atoms with van der Waals surface area (Å²) in [6.07, 6.45) is 1.58. The molecule has 0 N–H and O–H groups in total. The molecule has 2 aromatic heterocycles. The van der Waals surface area contributed by atoms with Crippen LogP contribution in [0.5, 0.6) is 0 Å². The molecule has 0 bridgehead atoms. The lowest BCUT2D eigenvalue weighted by atomic mass is 10.1. The topological polar surface area (TPSA) is 77.3 Å². The second kappa shape index (κ2) is 9.20. The molecule has 2 heterocycles. The molecule has 7 nitrogen and oxygen atoms in total. The van der Waals surface area contributed by atoms with Crippen LogP contribution >= 0.6 is 11.6 Å². The Labute approximate surface area is 190 Å². The Hall–Kier alpha value is -3.71. The van der Waals surface area contributed by atoms with Gasteiger partial charge in [-0.15, -0.1) is 0 Å². The van der Waals surface area contributed by atoms with Gasteiger partial charge >= 0.3 is 5.97 Å². The van der Waals surface area contributed by atoms with Crippen molar-refractivity contribution in [2.75, 3.05) is 20.7 Å². The van der Waals surface area contributed by atoms with Crippen LogP contribution in [0.3, 0.4) is 0 Å². The maximum atomic E-state index is 12.9. The number of likely N-dealkylation sites (N-methyl/N-ethyl adjacent to an activating group) is 1. The van der Waals surface area contributed by atoms with Crippen LogP contribution in [0, 0.1) is 0 Å². The van der Waals surface area contributed by atoms with Gasteiger partial charge in [-0.05, 0) is 17.7 Å². The number of amides is 1. The molecule has 0 fully saturated rings. The number of esters is 1. The normalized spacial score (nSPS) is 10.8. The molecule has 2 aromatic carbocycles. The van der Waals surface area contributed by atoms with Gasteiger partial charge < -0.3 is 9.64 Å². The minimum atomic E-state index is -0.609. The number of rotatable bonds is 6. The summed E-state index contributed by atoms with van der Waals surface area (Å²) in [5.41, 5.74) is 3.15. The lowest BCUT2D eigenvalue weighted by Crippen LogP contribution is -2.27. The van der Waals surface area contributed by atoms with Crippen LogP contribution in [0.15, 0.2) is 66.9 Å². The highest BCUT2D eigenvalue weighted by Gasteiger charge is 2.20. The first-order valence-electron chi connectivity index (χ1n) is 9.96. The van der Waals surface area contributed by atoms with Crippen LogP contribution in [0.2, 0.25) is 5.02 Å². The first-order valence-corrected chi connectivity index (χ1v) is 10.3.